The molecule has 2 N–H and O–H groups in total. The summed E-state index contributed by atoms with van der Waals surface area (Å²) in [5, 5.41) is 9.30. The van der Waals surface area contributed by atoms with Gasteiger partial charge in [-0.15, -0.1) is 0 Å². The number of anilines is 1. The quantitative estimate of drug-likeness (QED) is 0.794. The van der Waals surface area contributed by atoms with Gasteiger partial charge < -0.3 is 5.73 Å². The minimum Gasteiger partial charge on any atom is -0.399 e. The molecule has 0 spiro atoms. The summed E-state index contributed by atoms with van der Waals surface area (Å²) < 4.78 is 40.2. The molecule has 21 heavy (non-hydrogen) atoms. The second kappa shape index (κ2) is 5.78. The number of nitrogens with two attached hydrogens (primary N) is 1. The Hall–Kier alpha value is -2.00. The minimum absolute atomic E-state index is 0.0126. The van der Waals surface area contributed by atoms with E-state index >= 15 is 0 Å². The summed E-state index contributed by atoms with van der Waals surface area (Å²) in [5.74, 6) is -1.00. The molecule has 0 fully saturated rings. The Labute approximate surface area is 128 Å². The molecule has 0 amide bonds. The highest BCUT2D eigenvalue weighted by molar-refractivity contribution is 9.10. The third kappa shape index (κ3) is 3.37. The first kappa shape index (κ1) is 15.4. The molecule has 0 saturated heterocycles. The van der Waals surface area contributed by atoms with Crippen LogP contribution in [0, 0.1) is 11.3 Å². The van der Waals surface area contributed by atoms with Gasteiger partial charge in [-0.25, -0.2) is 0 Å². The zero-order valence-corrected chi connectivity index (χ0v) is 12.2. The van der Waals surface area contributed by atoms with Crippen molar-refractivity contribution in [2.75, 3.05) is 5.73 Å². The first-order valence-corrected chi connectivity index (χ1v) is 6.74. The van der Waals surface area contributed by atoms with Crippen LogP contribution in [0.25, 0.3) is 0 Å². The van der Waals surface area contributed by atoms with Gasteiger partial charge >= 0.3 is 6.18 Å². The van der Waals surface area contributed by atoms with Gasteiger partial charge in [0.05, 0.1) is 17.6 Å². The summed E-state index contributed by atoms with van der Waals surface area (Å²) in [7, 11) is 0. The third-order valence-electron chi connectivity index (χ3n) is 3.03. The van der Waals surface area contributed by atoms with E-state index in [1.54, 1.807) is 24.3 Å². The zero-order valence-electron chi connectivity index (χ0n) is 10.7. The third-order valence-corrected chi connectivity index (χ3v) is 3.55. The highest BCUT2D eigenvalue weighted by atomic mass is 79.9. The molecule has 2 rings (SSSR count). The van der Waals surface area contributed by atoms with Crippen LogP contribution in [0.2, 0.25) is 0 Å². The van der Waals surface area contributed by atoms with Crippen molar-refractivity contribution >= 4 is 21.6 Å². The summed E-state index contributed by atoms with van der Waals surface area (Å²) in [6.45, 7) is 0. The number of nitrogen functional groups attached to an aromatic ring is 1. The van der Waals surface area contributed by atoms with Crippen LogP contribution in [0.1, 0.15) is 22.6 Å². The normalized spacial score (nSPS) is 12.7. The van der Waals surface area contributed by atoms with Crippen molar-refractivity contribution in [3.63, 3.8) is 0 Å². The van der Waals surface area contributed by atoms with Crippen LogP contribution in [0.3, 0.4) is 0 Å². The number of hydrogen-bond donors (Lipinski definition) is 1. The largest absolute Gasteiger partial charge is 0.416 e. The van der Waals surface area contributed by atoms with Crippen LogP contribution in [-0.2, 0) is 6.18 Å². The molecule has 0 bridgehead atoms. The molecule has 0 aliphatic rings. The van der Waals surface area contributed by atoms with Crippen LogP contribution < -0.4 is 5.73 Å². The van der Waals surface area contributed by atoms with Gasteiger partial charge in [-0.1, -0.05) is 34.1 Å². The predicted molar refractivity (Wildman–Crippen MR) is 77.5 cm³/mol. The van der Waals surface area contributed by atoms with E-state index in [0.717, 1.165) is 10.5 Å². The van der Waals surface area contributed by atoms with E-state index in [2.05, 4.69) is 15.9 Å². The second-order valence-corrected chi connectivity index (χ2v) is 5.37. The average molecular weight is 355 g/mol. The molecule has 0 heterocycles. The van der Waals surface area contributed by atoms with E-state index in [4.69, 9.17) is 5.73 Å². The predicted octanol–water partition coefficient (Wildman–Crippen LogP) is 4.71. The second-order valence-electron chi connectivity index (χ2n) is 4.46. The molecule has 2 aromatic carbocycles. The maximum atomic E-state index is 13.1. The summed E-state index contributed by atoms with van der Waals surface area (Å²) >= 11 is 3.25. The van der Waals surface area contributed by atoms with Crippen LogP contribution in [0.5, 0.6) is 0 Å². The molecule has 6 heteroatoms. The van der Waals surface area contributed by atoms with Gasteiger partial charge in [-0.3, -0.25) is 0 Å². The molecule has 1 atom stereocenters. The Morgan fingerprint density at radius 1 is 1.10 bits per heavy atom. The van der Waals surface area contributed by atoms with Gasteiger partial charge in [0.25, 0.3) is 0 Å². The monoisotopic (exact) mass is 354 g/mol. The standard InChI is InChI=1S/C15H10BrF3N2/c16-10-3-1-9(2-4-10)13(8-20)12-6-5-11(21)7-14(12)15(17,18)19/h1-7,13H,21H2. The summed E-state index contributed by atoms with van der Waals surface area (Å²) in [4.78, 5) is 0. The summed E-state index contributed by atoms with van der Waals surface area (Å²) in [6.07, 6.45) is -4.56. The number of hydrogen-bond acceptors (Lipinski definition) is 2. The lowest BCUT2D eigenvalue weighted by molar-refractivity contribution is -0.138. The SMILES string of the molecule is N#CC(c1ccc(Br)cc1)c1ccc(N)cc1C(F)(F)F. The number of halogens is 4. The van der Waals surface area contributed by atoms with Crippen molar-refractivity contribution < 1.29 is 13.2 Å². The van der Waals surface area contributed by atoms with E-state index < -0.39 is 17.7 Å². The molecule has 0 aliphatic carbocycles. The summed E-state index contributed by atoms with van der Waals surface area (Å²) in [6, 6.07) is 12.0. The first-order valence-electron chi connectivity index (χ1n) is 5.94. The maximum absolute atomic E-state index is 13.1. The van der Waals surface area contributed by atoms with Gasteiger partial charge in [-0.05, 0) is 35.4 Å². The fourth-order valence-electron chi connectivity index (χ4n) is 2.05. The van der Waals surface area contributed by atoms with Crippen molar-refractivity contribution in [1.82, 2.24) is 0 Å². The van der Waals surface area contributed by atoms with Gasteiger partial charge in [-0.2, -0.15) is 18.4 Å². The van der Waals surface area contributed by atoms with Crippen molar-refractivity contribution in [2.45, 2.75) is 12.1 Å². The van der Waals surface area contributed by atoms with Crippen molar-refractivity contribution in [1.29, 1.82) is 5.26 Å². The van der Waals surface area contributed by atoms with Crippen LogP contribution in [0.4, 0.5) is 18.9 Å². The average Bonchev–Trinajstić information content (AvgIpc) is 2.42. The fraction of sp³-hybridized carbons (Fsp3) is 0.133. The molecule has 2 aromatic rings. The van der Waals surface area contributed by atoms with Gasteiger partial charge in [0.15, 0.2) is 0 Å². The van der Waals surface area contributed by atoms with Crippen LogP contribution in [0.15, 0.2) is 46.9 Å². The molecular formula is C15H10BrF3N2. The fourth-order valence-corrected chi connectivity index (χ4v) is 2.31. The molecule has 0 radical (unpaired) electrons. The number of rotatable bonds is 2. The van der Waals surface area contributed by atoms with Crippen molar-refractivity contribution in [3.05, 3.63) is 63.6 Å². The van der Waals surface area contributed by atoms with Gasteiger partial charge in [0.2, 0.25) is 0 Å². The van der Waals surface area contributed by atoms with E-state index in [1.165, 1.54) is 12.1 Å². The van der Waals surface area contributed by atoms with Gasteiger partial charge in [0, 0.05) is 10.2 Å². The molecule has 108 valence electrons. The van der Waals surface area contributed by atoms with E-state index in [0.29, 0.717) is 5.56 Å². The molecular weight excluding hydrogens is 345 g/mol. The Morgan fingerprint density at radius 3 is 2.24 bits per heavy atom. The van der Waals surface area contributed by atoms with E-state index in [1.807, 2.05) is 6.07 Å². The van der Waals surface area contributed by atoms with E-state index in [-0.39, 0.29) is 11.3 Å². The van der Waals surface area contributed by atoms with Crippen LogP contribution in [-0.4, -0.2) is 0 Å². The highest BCUT2D eigenvalue weighted by Gasteiger charge is 2.35. The number of benzene rings is 2. The zero-order chi connectivity index (χ0) is 15.6. The highest BCUT2D eigenvalue weighted by Crippen LogP contribution is 2.38. The topological polar surface area (TPSA) is 49.8 Å². The number of nitrogens with zero attached hydrogens (tertiary/aromatic N) is 1. The summed E-state index contributed by atoms with van der Waals surface area (Å²) in [5.41, 5.74) is 4.97. The lowest BCUT2D eigenvalue weighted by Gasteiger charge is -2.17. The van der Waals surface area contributed by atoms with Crippen molar-refractivity contribution in [3.8, 4) is 6.07 Å². The Morgan fingerprint density at radius 2 is 1.71 bits per heavy atom. The Kier molecular flexibility index (Phi) is 4.24. The molecule has 2 nitrogen and oxygen atoms in total. The molecule has 0 aromatic heterocycles. The van der Waals surface area contributed by atoms with Crippen LogP contribution >= 0.6 is 15.9 Å². The Balaban J connectivity index is 2.58. The van der Waals surface area contributed by atoms with Crippen molar-refractivity contribution in [2.24, 2.45) is 0 Å². The smallest absolute Gasteiger partial charge is 0.399 e. The number of alkyl halides is 3. The first-order chi connectivity index (χ1) is 9.82. The number of nitriles is 1. The Bertz CT molecular complexity index is 688. The van der Waals surface area contributed by atoms with E-state index in [9.17, 15) is 18.4 Å². The lowest BCUT2D eigenvalue weighted by Crippen LogP contribution is -2.13. The maximum Gasteiger partial charge on any atom is 0.416 e. The molecule has 0 saturated carbocycles. The minimum atomic E-state index is -4.56. The lowest BCUT2D eigenvalue weighted by atomic mass is 9.89. The molecule has 0 aliphatic heterocycles. The van der Waals surface area contributed by atoms with Gasteiger partial charge in [0.1, 0.15) is 0 Å². The molecule has 1 unspecified atom stereocenters.